The molecule has 0 heterocycles. The van der Waals surface area contributed by atoms with Crippen LogP contribution in [0, 0.1) is 5.41 Å². The molecule has 2 aromatic carbocycles. The molecule has 0 saturated heterocycles. The van der Waals surface area contributed by atoms with E-state index in [2.05, 4.69) is 29.3 Å². The zero-order chi connectivity index (χ0) is 18.4. The van der Waals surface area contributed by atoms with Gasteiger partial charge in [-0.05, 0) is 49.3 Å². The second-order valence-corrected chi connectivity index (χ2v) is 6.91. The van der Waals surface area contributed by atoms with Gasteiger partial charge >= 0.3 is 5.97 Å². The molecule has 3 rings (SSSR count). The van der Waals surface area contributed by atoms with Gasteiger partial charge in [0.05, 0.1) is 12.0 Å². The van der Waals surface area contributed by atoms with Crippen molar-refractivity contribution < 1.29 is 9.53 Å². The Morgan fingerprint density at radius 3 is 2.15 bits per heavy atom. The minimum absolute atomic E-state index is 0.00192. The van der Waals surface area contributed by atoms with Crippen LogP contribution in [0.25, 0.3) is 0 Å². The molecule has 0 aliphatic heterocycles. The third-order valence-electron chi connectivity index (χ3n) is 5.16. The number of guanidine groups is 1. The Morgan fingerprint density at radius 2 is 1.58 bits per heavy atom. The fourth-order valence-electron chi connectivity index (χ4n) is 3.60. The van der Waals surface area contributed by atoms with Crippen molar-refractivity contribution in [3.8, 4) is 5.75 Å². The van der Waals surface area contributed by atoms with Crippen molar-refractivity contribution in [3.63, 3.8) is 0 Å². The van der Waals surface area contributed by atoms with E-state index in [1.165, 1.54) is 5.56 Å². The van der Waals surface area contributed by atoms with E-state index >= 15 is 0 Å². The van der Waals surface area contributed by atoms with Crippen molar-refractivity contribution in [1.29, 1.82) is 0 Å². The Balaban J connectivity index is 1.75. The van der Waals surface area contributed by atoms with E-state index < -0.39 is 5.41 Å². The van der Waals surface area contributed by atoms with Gasteiger partial charge in [-0.1, -0.05) is 48.5 Å². The van der Waals surface area contributed by atoms with E-state index in [4.69, 9.17) is 16.2 Å². The molecule has 0 amide bonds. The second kappa shape index (κ2) is 8.04. The van der Waals surface area contributed by atoms with E-state index in [1.807, 2.05) is 24.3 Å². The van der Waals surface area contributed by atoms with Crippen molar-refractivity contribution in [1.82, 2.24) is 0 Å². The lowest BCUT2D eigenvalue weighted by molar-refractivity contribution is -0.147. The SMILES string of the molecule is NC(N)=NCC1(C(=O)Oc2ccccc2)CCC(c2ccccc2)CC1. The van der Waals surface area contributed by atoms with Crippen LogP contribution in [0.4, 0.5) is 0 Å². The summed E-state index contributed by atoms with van der Waals surface area (Å²) in [4.78, 5) is 17.1. The maximum absolute atomic E-state index is 13.0. The molecule has 0 radical (unpaired) electrons. The van der Waals surface area contributed by atoms with Gasteiger partial charge in [-0.25, -0.2) is 0 Å². The standard InChI is InChI=1S/C21H25N3O2/c22-20(23)24-15-21(19(25)26-18-9-5-2-6-10-18)13-11-17(12-14-21)16-7-3-1-4-8-16/h1-10,17H,11-15H2,(H4,22,23,24). The first-order valence-corrected chi connectivity index (χ1v) is 8.97. The topological polar surface area (TPSA) is 90.7 Å². The Hall–Kier alpha value is -2.82. The Kier molecular flexibility index (Phi) is 5.56. The number of para-hydroxylation sites is 1. The van der Waals surface area contributed by atoms with Gasteiger partial charge in [-0.15, -0.1) is 0 Å². The molecule has 0 unspecified atom stereocenters. The minimum atomic E-state index is -0.675. The minimum Gasteiger partial charge on any atom is -0.426 e. The molecule has 0 aromatic heterocycles. The Bertz CT molecular complexity index is 747. The van der Waals surface area contributed by atoms with Gasteiger partial charge in [0, 0.05) is 0 Å². The van der Waals surface area contributed by atoms with Crippen molar-refractivity contribution in [2.75, 3.05) is 6.54 Å². The van der Waals surface area contributed by atoms with Gasteiger partial charge in [0.1, 0.15) is 5.75 Å². The van der Waals surface area contributed by atoms with Gasteiger partial charge in [-0.2, -0.15) is 0 Å². The highest BCUT2D eigenvalue weighted by Gasteiger charge is 2.43. The first kappa shape index (κ1) is 18.0. The Labute approximate surface area is 154 Å². The number of nitrogens with two attached hydrogens (primary N) is 2. The number of benzene rings is 2. The van der Waals surface area contributed by atoms with Crippen LogP contribution in [0.15, 0.2) is 65.7 Å². The number of carbonyl (C=O) groups is 1. The molecule has 0 atom stereocenters. The first-order valence-electron chi connectivity index (χ1n) is 8.97. The molecule has 1 aliphatic carbocycles. The van der Waals surface area contributed by atoms with Crippen molar-refractivity contribution in [2.24, 2.45) is 21.9 Å². The molecule has 0 spiro atoms. The van der Waals surface area contributed by atoms with Crippen LogP contribution in [-0.2, 0) is 4.79 Å². The van der Waals surface area contributed by atoms with Crippen LogP contribution in [0.5, 0.6) is 5.75 Å². The summed E-state index contributed by atoms with van der Waals surface area (Å²) in [5.41, 5.74) is 11.7. The first-order chi connectivity index (χ1) is 12.6. The van der Waals surface area contributed by atoms with Crippen molar-refractivity contribution >= 4 is 11.9 Å². The summed E-state index contributed by atoms with van der Waals surface area (Å²) in [5, 5.41) is 0. The Morgan fingerprint density at radius 1 is 1.00 bits per heavy atom. The molecule has 1 saturated carbocycles. The van der Waals surface area contributed by atoms with Gasteiger partial charge in [0.25, 0.3) is 0 Å². The lowest BCUT2D eigenvalue weighted by Crippen LogP contribution is -2.41. The van der Waals surface area contributed by atoms with E-state index in [-0.39, 0.29) is 18.5 Å². The molecule has 0 bridgehead atoms. The molecule has 1 fully saturated rings. The molecule has 5 heteroatoms. The fourth-order valence-corrected chi connectivity index (χ4v) is 3.60. The number of rotatable bonds is 5. The summed E-state index contributed by atoms with van der Waals surface area (Å²) < 4.78 is 5.64. The third-order valence-corrected chi connectivity index (χ3v) is 5.16. The lowest BCUT2D eigenvalue weighted by Gasteiger charge is -2.37. The number of ether oxygens (including phenoxy) is 1. The maximum atomic E-state index is 13.0. The van der Waals surface area contributed by atoms with Gasteiger partial charge in [0.2, 0.25) is 0 Å². The van der Waals surface area contributed by atoms with Crippen molar-refractivity contribution in [3.05, 3.63) is 66.2 Å². The molecule has 26 heavy (non-hydrogen) atoms. The fraction of sp³-hybridized carbons (Fsp3) is 0.333. The summed E-state index contributed by atoms with van der Waals surface area (Å²) >= 11 is 0. The second-order valence-electron chi connectivity index (χ2n) is 6.91. The highest BCUT2D eigenvalue weighted by atomic mass is 16.5. The monoisotopic (exact) mass is 351 g/mol. The zero-order valence-electron chi connectivity index (χ0n) is 14.8. The number of aliphatic imine (C=N–C) groups is 1. The largest absolute Gasteiger partial charge is 0.426 e. The highest BCUT2D eigenvalue weighted by molar-refractivity contribution is 5.81. The van der Waals surface area contributed by atoms with Crippen molar-refractivity contribution in [2.45, 2.75) is 31.6 Å². The number of nitrogens with zero attached hydrogens (tertiary/aromatic N) is 1. The van der Waals surface area contributed by atoms with Gasteiger partial charge < -0.3 is 16.2 Å². The molecule has 2 aromatic rings. The summed E-state index contributed by atoms with van der Waals surface area (Å²) in [7, 11) is 0. The number of hydrogen-bond donors (Lipinski definition) is 2. The zero-order valence-corrected chi connectivity index (χ0v) is 14.8. The molecule has 4 N–H and O–H groups in total. The summed E-state index contributed by atoms with van der Waals surface area (Å²) in [5.74, 6) is 0.752. The van der Waals surface area contributed by atoms with Crippen LogP contribution in [0.3, 0.4) is 0 Å². The van der Waals surface area contributed by atoms with Gasteiger partial charge in [-0.3, -0.25) is 9.79 Å². The average molecular weight is 351 g/mol. The van der Waals surface area contributed by atoms with Crippen LogP contribution >= 0.6 is 0 Å². The predicted octanol–water partition coefficient (Wildman–Crippen LogP) is 3.21. The average Bonchev–Trinajstić information content (AvgIpc) is 2.68. The van der Waals surface area contributed by atoms with E-state index in [0.29, 0.717) is 24.5 Å². The van der Waals surface area contributed by atoms with Crippen LogP contribution < -0.4 is 16.2 Å². The quantitative estimate of drug-likeness (QED) is 0.374. The van der Waals surface area contributed by atoms with Crippen LogP contribution in [0.2, 0.25) is 0 Å². The smallest absolute Gasteiger partial charge is 0.319 e. The number of esters is 1. The normalized spacial score (nSPS) is 22.4. The lowest BCUT2D eigenvalue weighted by atomic mass is 9.69. The molecule has 5 nitrogen and oxygen atoms in total. The maximum Gasteiger partial charge on any atom is 0.319 e. The van der Waals surface area contributed by atoms with Crippen LogP contribution in [0.1, 0.15) is 37.2 Å². The summed E-state index contributed by atoms with van der Waals surface area (Å²) in [6.07, 6.45) is 3.23. The number of hydrogen-bond acceptors (Lipinski definition) is 3. The third kappa shape index (κ3) is 4.23. The van der Waals surface area contributed by atoms with E-state index in [1.54, 1.807) is 12.1 Å². The van der Waals surface area contributed by atoms with Crippen LogP contribution in [-0.4, -0.2) is 18.5 Å². The molecular formula is C21H25N3O2. The molecule has 1 aliphatic rings. The summed E-state index contributed by atoms with van der Waals surface area (Å²) in [6, 6.07) is 19.6. The van der Waals surface area contributed by atoms with Gasteiger partial charge in [0.15, 0.2) is 5.96 Å². The predicted molar refractivity (Wildman–Crippen MR) is 103 cm³/mol. The molecule has 136 valence electrons. The molecular weight excluding hydrogens is 326 g/mol. The highest BCUT2D eigenvalue weighted by Crippen LogP contribution is 2.44. The van der Waals surface area contributed by atoms with E-state index in [9.17, 15) is 4.79 Å². The number of carbonyl (C=O) groups excluding carboxylic acids is 1. The van der Waals surface area contributed by atoms with E-state index in [0.717, 1.165) is 12.8 Å². The summed E-state index contributed by atoms with van der Waals surface area (Å²) in [6.45, 7) is 0.266.